The third-order valence-electron chi connectivity index (χ3n) is 6.52. The zero-order chi connectivity index (χ0) is 26.2. The Morgan fingerprint density at radius 1 is 1.08 bits per heavy atom. The van der Waals surface area contributed by atoms with Crippen molar-refractivity contribution >= 4 is 71.2 Å². The van der Waals surface area contributed by atoms with Crippen LogP contribution in [0.5, 0.6) is 0 Å². The molecule has 1 aliphatic rings. The Kier molecular flexibility index (Phi) is 7.26. The summed E-state index contributed by atoms with van der Waals surface area (Å²) < 4.78 is 8.04. The lowest BCUT2D eigenvalue weighted by atomic mass is 9.99. The number of carbonyl (C=O) groups excluding carboxylic acids is 1. The number of thiazole rings is 2. The van der Waals surface area contributed by atoms with Crippen LogP contribution in [0.25, 0.3) is 31.6 Å². The number of rotatable bonds is 7. The maximum absolute atomic E-state index is 13.0. The van der Waals surface area contributed by atoms with Gasteiger partial charge in [-0.3, -0.25) is 4.90 Å². The van der Waals surface area contributed by atoms with E-state index in [0.717, 1.165) is 56.7 Å². The minimum absolute atomic E-state index is 0.227. The molecule has 3 heterocycles. The summed E-state index contributed by atoms with van der Waals surface area (Å²) in [5.74, 6) is 0.851. The Balaban J connectivity index is 1.35. The molecular formula is C27H33N5O2S3. The summed E-state index contributed by atoms with van der Waals surface area (Å²) in [7, 11) is 1.90. The highest BCUT2D eigenvalue weighted by molar-refractivity contribution is 7.98. The maximum atomic E-state index is 13.0. The van der Waals surface area contributed by atoms with E-state index in [4.69, 9.17) is 9.72 Å². The number of hydrogen-bond acceptors (Lipinski definition) is 9. The summed E-state index contributed by atoms with van der Waals surface area (Å²) in [5, 5.41) is 8.50. The molecule has 0 bridgehead atoms. The van der Waals surface area contributed by atoms with Crippen LogP contribution in [0.4, 0.5) is 15.1 Å². The molecule has 1 amide bonds. The van der Waals surface area contributed by atoms with E-state index in [0.29, 0.717) is 6.54 Å². The molecule has 1 aliphatic heterocycles. The third kappa shape index (κ3) is 5.51. The van der Waals surface area contributed by atoms with E-state index >= 15 is 0 Å². The lowest BCUT2D eigenvalue weighted by Crippen LogP contribution is -2.54. The minimum Gasteiger partial charge on any atom is -0.444 e. The number of fused-ring (bicyclic) bond motifs is 2. The van der Waals surface area contributed by atoms with E-state index in [1.807, 2.05) is 32.7 Å². The van der Waals surface area contributed by atoms with Crippen LogP contribution in [-0.4, -0.2) is 64.2 Å². The largest absolute Gasteiger partial charge is 0.444 e. The van der Waals surface area contributed by atoms with Crippen LogP contribution in [0.2, 0.25) is 0 Å². The zero-order valence-corrected chi connectivity index (χ0v) is 24.3. The molecule has 1 atom stereocenters. The number of carbonyl (C=O) groups is 1. The predicted molar refractivity (Wildman–Crippen MR) is 160 cm³/mol. The molecule has 0 saturated carbocycles. The fourth-order valence-corrected chi connectivity index (χ4v) is 7.52. The summed E-state index contributed by atoms with van der Waals surface area (Å²) in [6, 6.07) is 12.8. The van der Waals surface area contributed by atoms with Crippen LogP contribution < -0.4 is 10.6 Å². The number of nitrogens with zero attached hydrogens (tertiary/aromatic N) is 3. The highest BCUT2D eigenvalue weighted by atomic mass is 32.2. The topological polar surface area (TPSA) is 79.4 Å². The first-order valence-corrected chi connectivity index (χ1v) is 15.5. The van der Waals surface area contributed by atoms with Crippen molar-refractivity contribution in [3.05, 3.63) is 36.4 Å². The molecule has 2 N–H and O–H groups in total. The first-order chi connectivity index (χ1) is 17.7. The second kappa shape index (κ2) is 10.3. The number of anilines is 2. The second-order valence-corrected chi connectivity index (χ2v) is 13.3. The smallest absolute Gasteiger partial charge is 0.410 e. The Morgan fingerprint density at radius 2 is 1.70 bits per heavy atom. The predicted octanol–water partition coefficient (Wildman–Crippen LogP) is 7.16. The van der Waals surface area contributed by atoms with Crippen molar-refractivity contribution in [2.45, 2.75) is 44.8 Å². The number of benzene rings is 2. The Bertz CT molecular complexity index is 1430. The van der Waals surface area contributed by atoms with Crippen LogP contribution in [-0.2, 0) is 4.74 Å². The summed E-state index contributed by atoms with van der Waals surface area (Å²) in [6.07, 6.45) is 3.79. The fourth-order valence-electron chi connectivity index (χ4n) is 4.82. The average Bonchev–Trinajstić information content (AvgIpc) is 3.57. The van der Waals surface area contributed by atoms with Crippen LogP contribution in [0, 0.1) is 0 Å². The average molecular weight is 556 g/mol. The van der Waals surface area contributed by atoms with E-state index < -0.39 is 5.60 Å². The molecule has 1 fully saturated rings. The molecule has 0 spiro atoms. The molecule has 0 aliphatic carbocycles. The van der Waals surface area contributed by atoms with Crippen molar-refractivity contribution in [3.63, 3.8) is 0 Å². The molecule has 7 nitrogen and oxygen atoms in total. The van der Waals surface area contributed by atoms with Gasteiger partial charge in [0.05, 0.1) is 26.0 Å². The van der Waals surface area contributed by atoms with Crippen molar-refractivity contribution in [3.8, 4) is 11.1 Å². The van der Waals surface area contributed by atoms with Gasteiger partial charge < -0.3 is 15.4 Å². The number of likely N-dealkylation sites (tertiary alicyclic amines) is 1. The summed E-state index contributed by atoms with van der Waals surface area (Å²) in [5.41, 5.74) is 3.51. The maximum Gasteiger partial charge on any atom is 0.410 e. The van der Waals surface area contributed by atoms with Gasteiger partial charge in [-0.25, -0.2) is 14.8 Å². The Hall–Kier alpha value is -2.56. The monoisotopic (exact) mass is 555 g/mol. The van der Waals surface area contributed by atoms with Crippen LogP contribution >= 0.6 is 34.4 Å². The van der Waals surface area contributed by atoms with Crippen molar-refractivity contribution in [1.82, 2.24) is 14.9 Å². The number of amides is 1. The molecule has 196 valence electrons. The quantitative estimate of drug-likeness (QED) is 0.250. The molecule has 5 rings (SSSR count). The molecule has 10 heteroatoms. The lowest BCUT2D eigenvalue weighted by Gasteiger charge is -2.39. The first-order valence-electron chi connectivity index (χ1n) is 12.4. The molecule has 2 aromatic heterocycles. The summed E-state index contributed by atoms with van der Waals surface area (Å²) in [4.78, 5) is 24.4. The molecule has 1 saturated heterocycles. The molecule has 4 aromatic rings. The van der Waals surface area contributed by atoms with Crippen LogP contribution in [0.15, 0.2) is 36.4 Å². The number of thioether (sulfide) groups is 1. The molecule has 1 unspecified atom stereocenters. The lowest BCUT2D eigenvalue weighted by molar-refractivity contribution is 0.0132. The van der Waals surface area contributed by atoms with E-state index in [-0.39, 0.29) is 11.6 Å². The Labute approximate surface area is 230 Å². The molecule has 0 radical (unpaired) electrons. The van der Waals surface area contributed by atoms with E-state index in [1.54, 1.807) is 34.4 Å². The molecule has 37 heavy (non-hydrogen) atoms. The van der Waals surface area contributed by atoms with Crippen LogP contribution in [0.1, 0.15) is 33.6 Å². The highest BCUT2D eigenvalue weighted by Gasteiger charge is 2.45. The van der Waals surface area contributed by atoms with Gasteiger partial charge in [-0.15, -0.1) is 0 Å². The van der Waals surface area contributed by atoms with Gasteiger partial charge in [0.15, 0.2) is 10.3 Å². The van der Waals surface area contributed by atoms with Gasteiger partial charge in [-0.05, 0) is 75.3 Å². The number of nitrogens with one attached hydrogen (secondary N) is 2. The summed E-state index contributed by atoms with van der Waals surface area (Å²) in [6.45, 7) is 7.12. The number of ether oxygens (including phenoxy) is 1. The van der Waals surface area contributed by atoms with Crippen molar-refractivity contribution < 1.29 is 9.53 Å². The van der Waals surface area contributed by atoms with Crippen molar-refractivity contribution in [2.24, 2.45) is 0 Å². The van der Waals surface area contributed by atoms with Gasteiger partial charge in [0.2, 0.25) is 0 Å². The summed E-state index contributed by atoms with van der Waals surface area (Å²) >= 11 is 5.08. The Morgan fingerprint density at radius 3 is 2.30 bits per heavy atom. The SMILES string of the molecule is CNc1nc2ccc(-c3ccc4nc(NCC5(CSC)CCCN5C(=O)OC(C)(C)C)sc4c3)cc2s1. The first kappa shape index (κ1) is 26.1. The molecular weight excluding hydrogens is 523 g/mol. The van der Waals surface area contributed by atoms with Gasteiger partial charge in [0.1, 0.15) is 5.60 Å². The van der Waals surface area contributed by atoms with E-state index in [2.05, 4.69) is 58.3 Å². The van der Waals surface area contributed by atoms with Crippen molar-refractivity contribution in [1.29, 1.82) is 0 Å². The van der Waals surface area contributed by atoms with Crippen LogP contribution in [0.3, 0.4) is 0 Å². The molecule has 2 aromatic carbocycles. The van der Waals surface area contributed by atoms with Gasteiger partial charge in [0.25, 0.3) is 0 Å². The minimum atomic E-state index is -0.511. The van der Waals surface area contributed by atoms with Gasteiger partial charge in [0, 0.05) is 25.9 Å². The highest BCUT2D eigenvalue weighted by Crippen LogP contribution is 2.36. The fraction of sp³-hybridized carbons (Fsp3) is 0.444. The van der Waals surface area contributed by atoms with Gasteiger partial charge in [-0.1, -0.05) is 34.8 Å². The normalized spacial score (nSPS) is 18.0. The second-order valence-electron chi connectivity index (χ2n) is 10.4. The number of aromatic nitrogens is 2. The number of hydrogen-bond donors (Lipinski definition) is 2. The van der Waals surface area contributed by atoms with Gasteiger partial charge >= 0.3 is 6.09 Å². The standard InChI is InChI=1S/C27H33N5O2S3/c1-26(2,3)34-25(33)32-12-6-11-27(32,16-35-5)15-29-24-31-20-10-8-18(14-22(20)37-24)17-7-9-19-21(13-17)36-23(28-4)30-19/h7-10,13-14H,6,11-12,15-16H2,1-5H3,(H,28,30)(H,29,31). The van der Waals surface area contributed by atoms with E-state index in [1.165, 1.54) is 10.3 Å². The zero-order valence-electron chi connectivity index (χ0n) is 21.9. The van der Waals surface area contributed by atoms with E-state index in [9.17, 15) is 4.79 Å². The van der Waals surface area contributed by atoms with Gasteiger partial charge in [-0.2, -0.15) is 11.8 Å². The van der Waals surface area contributed by atoms with Crippen molar-refractivity contribution in [2.75, 3.05) is 42.8 Å². The third-order valence-corrected chi connectivity index (χ3v) is 9.35.